The van der Waals surface area contributed by atoms with E-state index in [2.05, 4.69) is 46.4 Å². The summed E-state index contributed by atoms with van der Waals surface area (Å²) in [6.45, 7) is 0. The van der Waals surface area contributed by atoms with Crippen molar-refractivity contribution in [3.63, 3.8) is 0 Å². The second kappa shape index (κ2) is 7.36. The van der Waals surface area contributed by atoms with Crippen molar-refractivity contribution < 1.29 is 4.74 Å². The lowest BCUT2D eigenvalue weighted by Crippen LogP contribution is -2.06. The van der Waals surface area contributed by atoms with Gasteiger partial charge < -0.3 is 4.74 Å². The average molecular weight is 340 g/mol. The van der Waals surface area contributed by atoms with Gasteiger partial charge in [0.15, 0.2) is 0 Å². The number of benzene rings is 1. The second-order valence-electron chi connectivity index (χ2n) is 6.29. The standard InChI is InChI=1S/C23H20N2O/c1-26-23-11-3-10-21(19-8-5-13-25-16-19)22(23)14-17-6-2-9-20(17)18-7-4-12-24-15-18/h2-13,15-17H,14H2,1H3. The summed E-state index contributed by atoms with van der Waals surface area (Å²) in [7, 11) is 1.73. The van der Waals surface area contributed by atoms with E-state index in [-0.39, 0.29) is 0 Å². The van der Waals surface area contributed by atoms with Gasteiger partial charge in [-0.25, -0.2) is 0 Å². The molecule has 26 heavy (non-hydrogen) atoms. The fourth-order valence-corrected chi connectivity index (χ4v) is 3.52. The predicted octanol–water partition coefficient (Wildman–Crippen LogP) is 4.96. The van der Waals surface area contributed by atoms with E-state index in [1.54, 1.807) is 13.3 Å². The van der Waals surface area contributed by atoms with Crippen LogP contribution in [0.2, 0.25) is 0 Å². The smallest absolute Gasteiger partial charge is 0.122 e. The Balaban J connectivity index is 1.72. The summed E-state index contributed by atoms with van der Waals surface area (Å²) in [5.41, 5.74) is 5.94. The number of pyridine rings is 2. The van der Waals surface area contributed by atoms with Crippen molar-refractivity contribution >= 4 is 5.57 Å². The Morgan fingerprint density at radius 3 is 2.38 bits per heavy atom. The van der Waals surface area contributed by atoms with Crippen molar-refractivity contribution in [3.05, 3.63) is 96.6 Å². The van der Waals surface area contributed by atoms with Crippen LogP contribution >= 0.6 is 0 Å². The van der Waals surface area contributed by atoms with Gasteiger partial charge in [-0.05, 0) is 41.3 Å². The number of nitrogens with zero attached hydrogens (tertiary/aromatic N) is 2. The third-order valence-corrected chi connectivity index (χ3v) is 4.76. The molecule has 1 atom stereocenters. The third kappa shape index (κ3) is 3.16. The molecule has 0 saturated carbocycles. The van der Waals surface area contributed by atoms with E-state index >= 15 is 0 Å². The Kier molecular flexibility index (Phi) is 4.61. The Labute approximate surface area is 153 Å². The zero-order valence-electron chi connectivity index (χ0n) is 14.7. The summed E-state index contributed by atoms with van der Waals surface area (Å²) in [5.74, 6) is 1.21. The highest BCUT2D eigenvalue weighted by Crippen LogP contribution is 2.37. The first-order valence-corrected chi connectivity index (χ1v) is 8.72. The van der Waals surface area contributed by atoms with Crippen LogP contribution < -0.4 is 4.74 Å². The van der Waals surface area contributed by atoms with Gasteiger partial charge in [0.25, 0.3) is 0 Å². The second-order valence-corrected chi connectivity index (χ2v) is 6.29. The van der Waals surface area contributed by atoms with E-state index in [1.807, 2.05) is 42.9 Å². The summed E-state index contributed by atoms with van der Waals surface area (Å²) in [5, 5.41) is 0. The van der Waals surface area contributed by atoms with Crippen LogP contribution in [0.3, 0.4) is 0 Å². The van der Waals surface area contributed by atoms with Crippen molar-refractivity contribution in [1.82, 2.24) is 9.97 Å². The molecule has 0 fully saturated rings. The summed E-state index contributed by atoms with van der Waals surface area (Å²) in [6.07, 6.45) is 14.9. The fourth-order valence-electron chi connectivity index (χ4n) is 3.52. The van der Waals surface area contributed by atoms with Crippen LogP contribution in [0.5, 0.6) is 5.75 Å². The van der Waals surface area contributed by atoms with Crippen LogP contribution in [0, 0.1) is 5.92 Å². The van der Waals surface area contributed by atoms with Crippen molar-refractivity contribution in [2.45, 2.75) is 6.42 Å². The molecule has 3 heteroatoms. The fraction of sp³-hybridized carbons (Fsp3) is 0.130. The van der Waals surface area contributed by atoms with Crippen molar-refractivity contribution in [2.24, 2.45) is 5.92 Å². The van der Waals surface area contributed by atoms with Gasteiger partial charge in [0.1, 0.15) is 5.75 Å². The van der Waals surface area contributed by atoms with Gasteiger partial charge in [0.05, 0.1) is 7.11 Å². The van der Waals surface area contributed by atoms with Gasteiger partial charge in [0, 0.05) is 41.8 Å². The first-order valence-electron chi connectivity index (χ1n) is 8.72. The first kappa shape index (κ1) is 16.3. The number of hydrogen-bond donors (Lipinski definition) is 0. The SMILES string of the molecule is COc1cccc(-c2cccnc2)c1CC1C=CC=C1c1cccnc1. The molecule has 0 radical (unpaired) electrons. The molecule has 128 valence electrons. The van der Waals surface area contributed by atoms with Crippen LogP contribution in [0.1, 0.15) is 11.1 Å². The molecule has 0 amide bonds. The quantitative estimate of drug-likeness (QED) is 0.658. The van der Waals surface area contributed by atoms with Crippen molar-refractivity contribution in [2.75, 3.05) is 7.11 Å². The van der Waals surface area contributed by atoms with E-state index in [0.717, 1.165) is 17.7 Å². The maximum absolute atomic E-state index is 5.68. The Morgan fingerprint density at radius 2 is 1.69 bits per heavy atom. The van der Waals surface area contributed by atoms with Gasteiger partial charge in [-0.1, -0.05) is 42.5 Å². The molecule has 0 aliphatic heterocycles. The molecular weight excluding hydrogens is 320 g/mol. The van der Waals surface area contributed by atoms with Crippen LogP contribution in [0.25, 0.3) is 16.7 Å². The normalized spacial score (nSPS) is 15.7. The highest BCUT2D eigenvalue weighted by atomic mass is 16.5. The van der Waals surface area contributed by atoms with Crippen LogP contribution in [-0.4, -0.2) is 17.1 Å². The molecule has 0 spiro atoms. The lowest BCUT2D eigenvalue weighted by Gasteiger charge is -2.19. The predicted molar refractivity (Wildman–Crippen MR) is 105 cm³/mol. The minimum Gasteiger partial charge on any atom is -0.496 e. The monoisotopic (exact) mass is 340 g/mol. The highest BCUT2D eigenvalue weighted by molar-refractivity contribution is 5.75. The van der Waals surface area contributed by atoms with E-state index in [1.165, 1.54) is 22.3 Å². The lowest BCUT2D eigenvalue weighted by molar-refractivity contribution is 0.409. The van der Waals surface area contributed by atoms with Crippen molar-refractivity contribution in [3.8, 4) is 16.9 Å². The number of ether oxygens (including phenoxy) is 1. The molecule has 2 heterocycles. The number of allylic oxidation sites excluding steroid dienone is 4. The minimum absolute atomic E-state index is 0.297. The van der Waals surface area contributed by atoms with Crippen LogP contribution in [-0.2, 0) is 6.42 Å². The molecule has 0 N–H and O–H groups in total. The average Bonchev–Trinajstić information content (AvgIpc) is 3.18. The van der Waals surface area contributed by atoms with Crippen LogP contribution in [0.15, 0.2) is 85.5 Å². The third-order valence-electron chi connectivity index (χ3n) is 4.76. The number of methoxy groups -OCH3 is 1. The number of aromatic nitrogens is 2. The van der Waals surface area contributed by atoms with Crippen LogP contribution in [0.4, 0.5) is 0 Å². The summed E-state index contributed by atoms with van der Waals surface area (Å²) < 4.78 is 5.68. The topological polar surface area (TPSA) is 35.0 Å². The minimum atomic E-state index is 0.297. The molecule has 0 saturated heterocycles. The van der Waals surface area contributed by atoms with E-state index < -0.39 is 0 Å². The highest BCUT2D eigenvalue weighted by Gasteiger charge is 2.21. The molecule has 1 aromatic carbocycles. The molecule has 1 aliphatic carbocycles. The Morgan fingerprint density at radius 1 is 0.923 bits per heavy atom. The van der Waals surface area contributed by atoms with Crippen molar-refractivity contribution in [1.29, 1.82) is 0 Å². The molecule has 3 aromatic rings. The Bertz CT molecular complexity index is 946. The van der Waals surface area contributed by atoms with Gasteiger partial charge in [-0.15, -0.1) is 0 Å². The summed E-state index contributed by atoms with van der Waals surface area (Å²) in [6, 6.07) is 14.4. The largest absolute Gasteiger partial charge is 0.496 e. The maximum atomic E-state index is 5.68. The van der Waals surface area contributed by atoms with E-state index in [0.29, 0.717) is 5.92 Å². The van der Waals surface area contributed by atoms with Gasteiger partial charge in [0.2, 0.25) is 0 Å². The summed E-state index contributed by atoms with van der Waals surface area (Å²) in [4.78, 5) is 8.55. The molecule has 1 aliphatic rings. The lowest BCUT2D eigenvalue weighted by atomic mass is 9.87. The van der Waals surface area contributed by atoms with Gasteiger partial charge in [-0.2, -0.15) is 0 Å². The summed E-state index contributed by atoms with van der Waals surface area (Å²) >= 11 is 0. The Hall–Kier alpha value is -3.20. The van der Waals surface area contributed by atoms with E-state index in [9.17, 15) is 0 Å². The molecule has 1 unspecified atom stereocenters. The maximum Gasteiger partial charge on any atom is 0.122 e. The molecule has 2 aromatic heterocycles. The van der Waals surface area contributed by atoms with E-state index in [4.69, 9.17) is 4.74 Å². The first-order chi connectivity index (χ1) is 12.9. The molecule has 3 nitrogen and oxygen atoms in total. The zero-order valence-corrected chi connectivity index (χ0v) is 14.7. The van der Waals surface area contributed by atoms with Gasteiger partial charge in [-0.3, -0.25) is 9.97 Å². The zero-order chi connectivity index (χ0) is 17.8. The van der Waals surface area contributed by atoms with Gasteiger partial charge >= 0.3 is 0 Å². The molecule has 4 rings (SSSR count). The molecule has 0 bridgehead atoms. The number of rotatable bonds is 5. The molecular formula is C23H20N2O. The number of hydrogen-bond acceptors (Lipinski definition) is 3.